The van der Waals surface area contributed by atoms with Gasteiger partial charge in [0.15, 0.2) is 22.5 Å². The monoisotopic (exact) mass is 495 g/mol. The molecule has 0 bridgehead atoms. The molecule has 172 valence electrons. The summed E-state index contributed by atoms with van der Waals surface area (Å²) in [5.41, 5.74) is 2.48. The van der Waals surface area contributed by atoms with Crippen molar-refractivity contribution >= 4 is 56.6 Å². The van der Waals surface area contributed by atoms with Crippen LogP contribution in [0.4, 0.5) is 0 Å². The molecule has 0 saturated heterocycles. The Hall–Kier alpha value is -3.84. The van der Waals surface area contributed by atoms with Crippen molar-refractivity contribution in [3.05, 3.63) is 56.5 Å². The van der Waals surface area contributed by atoms with Crippen molar-refractivity contribution < 1.29 is 14.3 Å². The van der Waals surface area contributed by atoms with Crippen LogP contribution in [0.25, 0.3) is 11.0 Å². The number of hydrogen-bond donors (Lipinski definition) is 1. The molecule has 0 atom stereocenters. The largest absolute Gasteiger partial charge is 0.493 e. The van der Waals surface area contributed by atoms with Gasteiger partial charge in [-0.2, -0.15) is 24.7 Å². The number of ether oxygens (including phenoxy) is 2. The zero-order valence-corrected chi connectivity index (χ0v) is 19.6. The number of aryl methyl sites for hydroxylation is 1. The molecule has 11 nitrogen and oxygen atoms in total. The zero-order chi connectivity index (χ0) is 23.8. The van der Waals surface area contributed by atoms with Gasteiger partial charge in [-0.05, 0) is 42.0 Å². The van der Waals surface area contributed by atoms with Gasteiger partial charge in [0.25, 0.3) is 11.5 Å². The number of thioether (sulfide) groups is 1. The third-order valence-corrected chi connectivity index (χ3v) is 6.64. The molecule has 4 heterocycles. The number of carbonyl (C=O) groups excluding carboxylic acids is 1. The summed E-state index contributed by atoms with van der Waals surface area (Å²) in [6.07, 6.45) is 2.28. The molecule has 0 saturated carbocycles. The van der Waals surface area contributed by atoms with E-state index >= 15 is 0 Å². The minimum Gasteiger partial charge on any atom is -0.493 e. The van der Waals surface area contributed by atoms with Crippen molar-refractivity contribution in [1.82, 2.24) is 19.6 Å². The molecule has 34 heavy (non-hydrogen) atoms. The van der Waals surface area contributed by atoms with Crippen molar-refractivity contribution in [2.45, 2.75) is 20.0 Å². The fourth-order valence-corrected chi connectivity index (χ4v) is 4.73. The van der Waals surface area contributed by atoms with Crippen molar-refractivity contribution in [3.8, 4) is 11.5 Å². The van der Waals surface area contributed by atoms with Crippen LogP contribution in [0.15, 0.2) is 44.7 Å². The van der Waals surface area contributed by atoms with E-state index in [1.54, 1.807) is 24.3 Å². The van der Waals surface area contributed by atoms with Gasteiger partial charge in [-0.15, -0.1) is 0 Å². The first-order chi connectivity index (χ1) is 16.5. The molecule has 3 aromatic rings. The Morgan fingerprint density at radius 3 is 2.85 bits per heavy atom. The number of nitrogens with one attached hydrogen (secondary N) is 1. The number of amides is 1. The summed E-state index contributed by atoms with van der Waals surface area (Å²) in [4.78, 5) is 33.7. The summed E-state index contributed by atoms with van der Waals surface area (Å²) in [6.45, 7) is 2.03. The van der Waals surface area contributed by atoms with Crippen LogP contribution in [0.3, 0.4) is 0 Å². The lowest BCUT2D eigenvalue weighted by Crippen LogP contribution is -2.35. The van der Waals surface area contributed by atoms with Gasteiger partial charge in [-0.25, -0.2) is 4.98 Å². The van der Waals surface area contributed by atoms with Crippen molar-refractivity contribution in [1.29, 1.82) is 5.41 Å². The molecule has 0 unspecified atom stereocenters. The van der Waals surface area contributed by atoms with Gasteiger partial charge in [0.1, 0.15) is 11.6 Å². The van der Waals surface area contributed by atoms with Gasteiger partial charge >= 0.3 is 0 Å². The predicted octanol–water partition coefficient (Wildman–Crippen LogP) is 2.55. The predicted molar refractivity (Wildman–Crippen MR) is 130 cm³/mol. The highest BCUT2D eigenvalue weighted by Crippen LogP contribution is 2.31. The van der Waals surface area contributed by atoms with E-state index in [1.807, 2.05) is 6.92 Å². The van der Waals surface area contributed by atoms with Crippen LogP contribution in [0.2, 0.25) is 0 Å². The number of aromatic nitrogens is 3. The maximum Gasteiger partial charge on any atom is 0.283 e. The average molecular weight is 496 g/mol. The molecule has 1 amide bonds. The molecule has 1 N–H and O–H groups in total. The van der Waals surface area contributed by atoms with E-state index in [2.05, 4.69) is 20.2 Å². The Bertz CT molecular complexity index is 1490. The van der Waals surface area contributed by atoms with Crippen LogP contribution in [-0.4, -0.2) is 49.2 Å². The summed E-state index contributed by atoms with van der Waals surface area (Å²) >= 11 is 2.55. The molecule has 13 heteroatoms. The van der Waals surface area contributed by atoms with Gasteiger partial charge in [-0.1, -0.05) is 24.3 Å². The summed E-state index contributed by atoms with van der Waals surface area (Å²) in [5.74, 6) is 0.316. The van der Waals surface area contributed by atoms with E-state index in [4.69, 9.17) is 14.9 Å². The standard InChI is InChI=1S/C21H17N7O4S2/c1-3-16-26-27-17(29)8-12(24-21(27)34-16)9-32-14-5-4-11(7-15(14)31-2)6-13-18(22)28-20(25-19(13)30)33-10-23-28/h4-8,10,22H,3,9H2,1-2H3/b13-6+,22-18?. The van der Waals surface area contributed by atoms with Gasteiger partial charge in [0.2, 0.25) is 4.96 Å². The minimum atomic E-state index is -0.504. The third kappa shape index (κ3) is 3.99. The van der Waals surface area contributed by atoms with Crippen molar-refractivity contribution in [2.75, 3.05) is 7.11 Å². The smallest absolute Gasteiger partial charge is 0.283 e. The molecular weight excluding hydrogens is 478 g/mol. The number of aliphatic imine (C=N–C) groups is 1. The first-order valence-electron chi connectivity index (χ1n) is 10.1. The highest BCUT2D eigenvalue weighted by Gasteiger charge is 2.32. The maximum absolute atomic E-state index is 12.4. The van der Waals surface area contributed by atoms with E-state index in [9.17, 15) is 9.59 Å². The maximum atomic E-state index is 12.4. The van der Waals surface area contributed by atoms with Crippen molar-refractivity contribution in [2.24, 2.45) is 10.1 Å². The molecular formula is C21H17N7O4S2. The average Bonchev–Trinajstić information content (AvgIpc) is 3.47. The molecule has 0 fully saturated rings. The highest BCUT2D eigenvalue weighted by molar-refractivity contribution is 8.25. The molecule has 0 spiro atoms. The lowest BCUT2D eigenvalue weighted by Gasteiger charge is -2.20. The van der Waals surface area contributed by atoms with Gasteiger partial charge in [0.05, 0.1) is 23.9 Å². The Balaban J connectivity index is 1.37. The Labute approximate surface area is 200 Å². The Kier molecular flexibility index (Phi) is 5.71. The number of nitrogens with zero attached hydrogens (tertiary/aromatic N) is 6. The van der Waals surface area contributed by atoms with E-state index < -0.39 is 5.91 Å². The van der Waals surface area contributed by atoms with Crippen LogP contribution in [-0.2, 0) is 17.8 Å². The van der Waals surface area contributed by atoms with Gasteiger partial charge in [-0.3, -0.25) is 15.0 Å². The summed E-state index contributed by atoms with van der Waals surface area (Å²) in [5, 5.41) is 19.1. The first kappa shape index (κ1) is 22.0. The van der Waals surface area contributed by atoms with Crippen LogP contribution < -0.4 is 15.0 Å². The highest BCUT2D eigenvalue weighted by atomic mass is 32.2. The number of carbonyl (C=O) groups is 1. The topological polar surface area (TPSA) is 135 Å². The number of methoxy groups -OCH3 is 1. The normalized spacial score (nSPS) is 16.4. The second kappa shape index (κ2) is 8.83. The lowest BCUT2D eigenvalue weighted by molar-refractivity contribution is -0.114. The minimum absolute atomic E-state index is 0.0439. The van der Waals surface area contributed by atoms with Crippen LogP contribution >= 0.6 is 23.1 Å². The SMILES string of the molecule is CCc1nn2c(=O)cc(COc3ccc(/C=C4\C(=N)N5N=CSC5=NC4=O)cc3OC)nc2s1. The number of hydrazone groups is 1. The van der Waals surface area contributed by atoms with Gasteiger partial charge in [0, 0.05) is 6.07 Å². The molecule has 5 rings (SSSR count). The van der Waals surface area contributed by atoms with Crippen LogP contribution in [0.5, 0.6) is 11.5 Å². The summed E-state index contributed by atoms with van der Waals surface area (Å²) in [6, 6.07) is 6.50. The molecule has 2 aromatic heterocycles. The van der Waals surface area contributed by atoms with Crippen LogP contribution in [0.1, 0.15) is 23.2 Å². The number of rotatable bonds is 6. The number of fused-ring (bicyclic) bond motifs is 2. The second-order valence-electron chi connectivity index (χ2n) is 7.09. The number of benzene rings is 1. The Morgan fingerprint density at radius 1 is 1.21 bits per heavy atom. The van der Waals surface area contributed by atoms with Gasteiger partial charge < -0.3 is 9.47 Å². The molecule has 1 aromatic carbocycles. The quantitative estimate of drug-likeness (QED) is 0.516. The fourth-order valence-electron chi connectivity index (χ4n) is 3.26. The molecule has 0 aliphatic carbocycles. The number of amidine groups is 2. The third-order valence-electron chi connectivity index (χ3n) is 4.91. The lowest BCUT2D eigenvalue weighted by atomic mass is 10.1. The number of hydrogen-bond acceptors (Lipinski definition) is 10. The van der Waals surface area contributed by atoms with Crippen LogP contribution in [0, 0.1) is 5.41 Å². The molecule has 0 radical (unpaired) electrons. The van der Waals surface area contributed by atoms with E-state index in [1.165, 1.54) is 51.3 Å². The fraction of sp³-hybridized carbons (Fsp3) is 0.190. The van der Waals surface area contributed by atoms with E-state index in [0.29, 0.717) is 32.9 Å². The Morgan fingerprint density at radius 2 is 2.06 bits per heavy atom. The molecule has 2 aliphatic rings. The zero-order valence-electron chi connectivity index (χ0n) is 18.0. The van der Waals surface area contributed by atoms with E-state index in [-0.39, 0.29) is 23.6 Å². The van der Waals surface area contributed by atoms with Crippen molar-refractivity contribution in [3.63, 3.8) is 0 Å². The summed E-state index contributed by atoms with van der Waals surface area (Å²) in [7, 11) is 1.50. The molecule has 2 aliphatic heterocycles. The second-order valence-corrected chi connectivity index (χ2v) is 8.94. The van der Waals surface area contributed by atoms with E-state index in [0.717, 1.165) is 11.4 Å². The summed E-state index contributed by atoms with van der Waals surface area (Å²) < 4.78 is 12.6. The first-order valence-corrected chi connectivity index (χ1v) is 11.8.